The molecule has 1 heterocycles. The summed E-state index contributed by atoms with van der Waals surface area (Å²) in [6.45, 7) is 8.71. The zero-order valence-electron chi connectivity index (χ0n) is 23.2. The lowest BCUT2D eigenvalue weighted by atomic mass is 10.0. The number of hydrazine groups is 1. The zero-order chi connectivity index (χ0) is 27.9. The molecule has 39 heavy (non-hydrogen) atoms. The van der Waals surface area contributed by atoms with Gasteiger partial charge in [-0.1, -0.05) is 56.3 Å². The summed E-state index contributed by atoms with van der Waals surface area (Å²) in [5.74, 6) is -0.526. The summed E-state index contributed by atoms with van der Waals surface area (Å²) >= 11 is 0. The summed E-state index contributed by atoms with van der Waals surface area (Å²) in [5, 5.41) is 9.93. The van der Waals surface area contributed by atoms with Crippen molar-refractivity contribution in [3.05, 3.63) is 89.2 Å². The Hall–Kier alpha value is -3.75. The monoisotopic (exact) mass is 531 g/mol. The lowest BCUT2D eigenvalue weighted by Gasteiger charge is -2.32. The normalized spacial score (nSPS) is 12.9. The van der Waals surface area contributed by atoms with Gasteiger partial charge >= 0.3 is 0 Å². The molecule has 1 aliphatic rings. The second-order valence-electron chi connectivity index (χ2n) is 10.3. The highest BCUT2D eigenvalue weighted by Crippen LogP contribution is 2.28. The molecular formula is C31H38FN5O2. The van der Waals surface area contributed by atoms with Crippen LogP contribution in [0.5, 0.6) is 0 Å². The van der Waals surface area contributed by atoms with Crippen LogP contribution in [0, 0.1) is 12.7 Å². The molecule has 1 aliphatic heterocycles. The lowest BCUT2D eigenvalue weighted by molar-refractivity contribution is -0.145. The highest BCUT2D eigenvalue weighted by atomic mass is 19.1. The number of amides is 2. The Balaban J connectivity index is 1.50. The molecule has 0 fully saturated rings. The average molecular weight is 532 g/mol. The molecule has 3 aromatic carbocycles. The molecule has 8 heteroatoms. The van der Waals surface area contributed by atoms with E-state index in [2.05, 4.69) is 36.6 Å². The SMILES string of the molecule is Cc1cc(-c2ccc(F)cc2)ccc1N(CC(=O)NCCNC(C)C)CC(=O)N(C)N1Cc2ccccc2C1. The Kier molecular flexibility index (Phi) is 9.32. The maximum atomic E-state index is 13.5. The van der Waals surface area contributed by atoms with Gasteiger partial charge < -0.3 is 15.5 Å². The fourth-order valence-corrected chi connectivity index (χ4v) is 4.80. The molecule has 206 valence electrons. The van der Waals surface area contributed by atoms with Crippen LogP contribution in [0.25, 0.3) is 11.1 Å². The minimum absolute atomic E-state index is 0.0533. The fraction of sp³-hybridized carbons (Fsp3) is 0.355. The van der Waals surface area contributed by atoms with E-state index in [0.29, 0.717) is 32.2 Å². The first-order valence-corrected chi connectivity index (χ1v) is 13.4. The van der Waals surface area contributed by atoms with Gasteiger partial charge in [-0.3, -0.25) is 14.6 Å². The van der Waals surface area contributed by atoms with Crippen LogP contribution in [0.1, 0.15) is 30.5 Å². The van der Waals surface area contributed by atoms with E-state index in [9.17, 15) is 14.0 Å². The van der Waals surface area contributed by atoms with Gasteiger partial charge in [0, 0.05) is 45.0 Å². The van der Waals surface area contributed by atoms with Crippen LogP contribution >= 0.6 is 0 Å². The van der Waals surface area contributed by atoms with Crippen molar-refractivity contribution < 1.29 is 14.0 Å². The smallest absolute Gasteiger partial charge is 0.256 e. The number of anilines is 1. The summed E-state index contributed by atoms with van der Waals surface area (Å²) in [5.41, 5.74) is 6.01. The quantitative estimate of drug-likeness (QED) is 0.365. The summed E-state index contributed by atoms with van der Waals surface area (Å²) in [6, 6.07) is 20.8. The number of carbonyl (C=O) groups excluding carboxylic acids is 2. The van der Waals surface area contributed by atoms with Crippen LogP contribution < -0.4 is 15.5 Å². The number of carbonyl (C=O) groups is 2. The molecule has 4 rings (SSSR count). The molecule has 0 aromatic heterocycles. The molecule has 2 N–H and O–H groups in total. The van der Waals surface area contributed by atoms with Crippen LogP contribution in [0.2, 0.25) is 0 Å². The lowest BCUT2D eigenvalue weighted by Crippen LogP contribution is -2.48. The molecule has 3 aromatic rings. The topological polar surface area (TPSA) is 67.9 Å². The molecule has 0 unspecified atom stereocenters. The van der Waals surface area contributed by atoms with E-state index in [4.69, 9.17) is 0 Å². The van der Waals surface area contributed by atoms with Crippen LogP contribution in [0.4, 0.5) is 10.1 Å². The van der Waals surface area contributed by atoms with Gasteiger partial charge in [0.25, 0.3) is 5.91 Å². The van der Waals surface area contributed by atoms with Crippen molar-refractivity contribution in [2.24, 2.45) is 0 Å². The number of hydrogen-bond acceptors (Lipinski definition) is 5. The highest BCUT2D eigenvalue weighted by molar-refractivity contribution is 5.87. The van der Waals surface area contributed by atoms with E-state index in [1.807, 2.05) is 47.2 Å². The number of nitrogens with one attached hydrogen (secondary N) is 2. The van der Waals surface area contributed by atoms with Gasteiger partial charge in [0.15, 0.2) is 0 Å². The van der Waals surface area contributed by atoms with Crippen LogP contribution in [0.15, 0.2) is 66.7 Å². The maximum Gasteiger partial charge on any atom is 0.256 e. The zero-order valence-corrected chi connectivity index (χ0v) is 23.2. The first kappa shape index (κ1) is 28.3. The molecule has 0 saturated heterocycles. The Bertz CT molecular complexity index is 1270. The first-order chi connectivity index (χ1) is 18.7. The van der Waals surface area contributed by atoms with Gasteiger partial charge in [-0.15, -0.1) is 0 Å². The standard InChI is InChI=1S/C31H38FN5O2/c1-22(2)33-15-16-34-30(38)20-36(21-31(39)35(4)37-18-26-7-5-6-8-27(26)19-37)29-14-11-25(17-23(29)3)24-9-12-28(32)13-10-24/h5-14,17,22,33H,15-16,18-21H2,1-4H3,(H,34,38). The van der Waals surface area contributed by atoms with E-state index in [0.717, 1.165) is 22.4 Å². The molecule has 7 nitrogen and oxygen atoms in total. The van der Waals surface area contributed by atoms with Crippen LogP contribution in [-0.4, -0.2) is 61.1 Å². The third kappa shape index (κ3) is 7.43. The number of fused-ring (bicyclic) bond motifs is 1. The molecular weight excluding hydrogens is 493 g/mol. The number of likely N-dealkylation sites (N-methyl/N-ethyl adjacent to an activating group) is 1. The van der Waals surface area contributed by atoms with Crippen molar-refractivity contribution in [3.63, 3.8) is 0 Å². The van der Waals surface area contributed by atoms with Crippen LogP contribution in [-0.2, 0) is 22.7 Å². The van der Waals surface area contributed by atoms with Crippen LogP contribution in [0.3, 0.4) is 0 Å². The van der Waals surface area contributed by atoms with E-state index in [-0.39, 0.29) is 30.7 Å². The van der Waals surface area contributed by atoms with Gasteiger partial charge in [-0.05, 0) is 59.0 Å². The van der Waals surface area contributed by atoms with E-state index >= 15 is 0 Å². The molecule has 0 saturated carbocycles. The van der Waals surface area contributed by atoms with E-state index in [1.165, 1.54) is 23.3 Å². The molecule has 0 spiro atoms. The third-order valence-corrected chi connectivity index (χ3v) is 6.98. The predicted octanol–water partition coefficient (Wildman–Crippen LogP) is 4.11. The second-order valence-corrected chi connectivity index (χ2v) is 10.3. The molecule has 2 amide bonds. The van der Waals surface area contributed by atoms with Crippen molar-refractivity contribution in [1.29, 1.82) is 0 Å². The second kappa shape index (κ2) is 12.9. The Labute approximate surface area is 230 Å². The van der Waals surface area contributed by atoms with Crippen molar-refractivity contribution in [2.45, 2.75) is 39.9 Å². The van der Waals surface area contributed by atoms with E-state index < -0.39 is 0 Å². The first-order valence-electron chi connectivity index (χ1n) is 13.4. The van der Waals surface area contributed by atoms with Gasteiger partial charge in [-0.25, -0.2) is 9.40 Å². The number of hydrogen-bond donors (Lipinski definition) is 2. The molecule has 0 atom stereocenters. The summed E-state index contributed by atoms with van der Waals surface area (Å²) in [4.78, 5) is 28.2. The minimum atomic E-state index is -0.281. The van der Waals surface area contributed by atoms with E-state index in [1.54, 1.807) is 24.2 Å². The molecule has 0 aliphatic carbocycles. The number of rotatable bonds is 11. The van der Waals surface area contributed by atoms with Gasteiger partial charge in [0.05, 0.1) is 13.1 Å². The van der Waals surface area contributed by atoms with Gasteiger partial charge in [0.2, 0.25) is 5.91 Å². The Morgan fingerprint density at radius 3 is 2.18 bits per heavy atom. The number of aryl methyl sites for hydroxylation is 1. The average Bonchev–Trinajstić information content (AvgIpc) is 3.35. The predicted molar refractivity (Wildman–Crippen MR) is 153 cm³/mol. The summed E-state index contributed by atoms with van der Waals surface area (Å²) < 4.78 is 13.4. The Morgan fingerprint density at radius 1 is 0.923 bits per heavy atom. The van der Waals surface area contributed by atoms with Gasteiger partial charge in [0.1, 0.15) is 5.82 Å². The minimum Gasteiger partial charge on any atom is -0.353 e. The third-order valence-electron chi connectivity index (χ3n) is 6.98. The Morgan fingerprint density at radius 2 is 1.56 bits per heavy atom. The summed E-state index contributed by atoms with van der Waals surface area (Å²) in [6.07, 6.45) is 0. The van der Waals surface area contributed by atoms with Gasteiger partial charge in [-0.2, -0.15) is 0 Å². The number of halogens is 1. The van der Waals surface area contributed by atoms with Crippen molar-refractivity contribution in [3.8, 4) is 11.1 Å². The molecule has 0 bridgehead atoms. The largest absolute Gasteiger partial charge is 0.353 e. The number of nitrogens with zero attached hydrogens (tertiary/aromatic N) is 3. The summed E-state index contributed by atoms with van der Waals surface area (Å²) in [7, 11) is 1.79. The van der Waals surface area contributed by atoms with Crippen molar-refractivity contribution >= 4 is 17.5 Å². The number of benzene rings is 3. The maximum absolute atomic E-state index is 13.5. The molecule has 0 radical (unpaired) electrons. The fourth-order valence-electron chi connectivity index (χ4n) is 4.80. The van der Waals surface area contributed by atoms with Crippen molar-refractivity contribution in [2.75, 3.05) is 38.1 Å². The van der Waals surface area contributed by atoms with Crippen molar-refractivity contribution in [1.82, 2.24) is 20.7 Å². The highest BCUT2D eigenvalue weighted by Gasteiger charge is 2.27.